The Hall–Kier alpha value is -0.843. The quantitative estimate of drug-likeness (QED) is 0.254. The monoisotopic (exact) mass is 420 g/mol. The van der Waals surface area contributed by atoms with Crippen molar-refractivity contribution in [2.45, 2.75) is 110 Å². The van der Waals surface area contributed by atoms with E-state index in [9.17, 15) is 0 Å². The molecule has 1 aromatic carbocycles. The van der Waals surface area contributed by atoms with Crippen LogP contribution >= 0.6 is 0 Å². The molecule has 166 valence electrons. The van der Waals surface area contributed by atoms with Gasteiger partial charge in [0.2, 0.25) is 0 Å². The molecule has 4 heteroatoms. The molecule has 3 nitrogen and oxygen atoms in total. The number of benzene rings is 1. The molecule has 0 saturated heterocycles. The summed E-state index contributed by atoms with van der Waals surface area (Å²) in [5.74, 6) is 2.72. The van der Waals surface area contributed by atoms with Crippen molar-refractivity contribution in [1.82, 2.24) is 0 Å². The van der Waals surface area contributed by atoms with Crippen LogP contribution in [0.15, 0.2) is 24.3 Å². The van der Waals surface area contributed by atoms with Crippen LogP contribution in [0.4, 0.5) is 0 Å². The number of ether oxygens (including phenoxy) is 1. The summed E-state index contributed by atoms with van der Waals surface area (Å²) in [6.45, 7) is 11.4. The molecular formula is C25H44O3Si. The van der Waals surface area contributed by atoms with Crippen LogP contribution in [0, 0.1) is 5.92 Å². The van der Waals surface area contributed by atoms with E-state index in [1.54, 1.807) is 0 Å². The molecule has 0 bridgehead atoms. The van der Waals surface area contributed by atoms with Crippen LogP contribution in [0.25, 0.3) is 0 Å². The van der Waals surface area contributed by atoms with Crippen LogP contribution in [-0.2, 0) is 8.85 Å². The minimum absolute atomic E-state index is 0.252. The first-order chi connectivity index (χ1) is 14.0. The second kappa shape index (κ2) is 13.5. The summed E-state index contributed by atoms with van der Waals surface area (Å²) in [6.07, 6.45) is 10.9. The lowest BCUT2D eigenvalue weighted by molar-refractivity contribution is 0.129. The molecule has 0 aliphatic heterocycles. The molecule has 1 saturated carbocycles. The summed E-state index contributed by atoms with van der Waals surface area (Å²) in [5.41, 5.74) is 1.50. The summed E-state index contributed by atoms with van der Waals surface area (Å²) >= 11 is 0. The molecule has 0 aromatic heterocycles. The SMILES string of the molecule is CCC[C@H]1CC[C@H](c2ccc(OCCCC[SiH](OC(C)C)OC(C)C)cc2)CC1. The Labute approximate surface area is 181 Å². The van der Waals surface area contributed by atoms with E-state index in [-0.39, 0.29) is 12.2 Å². The zero-order valence-corrected chi connectivity index (χ0v) is 20.6. The van der Waals surface area contributed by atoms with E-state index in [4.69, 9.17) is 13.6 Å². The first-order valence-corrected chi connectivity index (χ1v) is 13.8. The molecule has 0 heterocycles. The Morgan fingerprint density at radius 2 is 1.52 bits per heavy atom. The molecule has 0 radical (unpaired) electrons. The van der Waals surface area contributed by atoms with Crippen LogP contribution in [-0.4, -0.2) is 28.1 Å². The van der Waals surface area contributed by atoms with Gasteiger partial charge >= 0.3 is 9.28 Å². The molecule has 2 rings (SSSR count). The van der Waals surface area contributed by atoms with Crippen molar-refractivity contribution in [3.8, 4) is 5.75 Å². The molecule has 1 fully saturated rings. The van der Waals surface area contributed by atoms with Crippen LogP contribution in [0.5, 0.6) is 5.75 Å². The van der Waals surface area contributed by atoms with Crippen molar-refractivity contribution >= 4 is 9.28 Å². The third-order valence-electron chi connectivity index (χ3n) is 5.85. The molecular weight excluding hydrogens is 376 g/mol. The van der Waals surface area contributed by atoms with Crippen molar-refractivity contribution in [3.63, 3.8) is 0 Å². The summed E-state index contributed by atoms with van der Waals surface area (Å²) in [4.78, 5) is 0. The average molecular weight is 421 g/mol. The van der Waals surface area contributed by atoms with Crippen molar-refractivity contribution in [2.24, 2.45) is 5.92 Å². The molecule has 1 aromatic rings. The van der Waals surface area contributed by atoms with Gasteiger partial charge in [-0.1, -0.05) is 31.9 Å². The zero-order chi connectivity index (χ0) is 21.1. The van der Waals surface area contributed by atoms with Gasteiger partial charge < -0.3 is 13.6 Å². The Morgan fingerprint density at radius 1 is 0.897 bits per heavy atom. The Balaban J connectivity index is 1.66. The van der Waals surface area contributed by atoms with Crippen LogP contribution in [0.1, 0.15) is 97.5 Å². The van der Waals surface area contributed by atoms with Gasteiger partial charge in [-0.15, -0.1) is 0 Å². The van der Waals surface area contributed by atoms with E-state index in [0.29, 0.717) is 0 Å². The zero-order valence-electron chi connectivity index (χ0n) is 19.5. The third kappa shape index (κ3) is 9.67. The molecule has 0 unspecified atom stereocenters. The topological polar surface area (TPSA) is 27.7 Å². The van der Waals surface area contributed by atoms with Gasteiger partial charge in [0.25, 0.3) is 0 Å². The average Bonchev–Trinajstić information content (AvgIpc) is 2.68. The van der Waals surface area contributed by atoms with E-state index in [2.05, 4.69) is 58.9 Å². The summed E-state index contributed by atoms with van der Waals surface area (Å²) in [7, 11) is -1.55. The van der Waals surface area contributed by atoms with Gasteiger partial charge in [-0.05, 0) is 102 Å². The van der Waals surface area contributed by atoms with Gasteiger partial charge in [-0.3, -0.25) is 0 Å². The minimum atomic E-state index is -1.55. The molecule has 1 aliphatic carbocycles. The maximum atomic E-state index is 5.99. The lowest BCUT2D eigenvalue weighted by Crippen LogP contribution is -2.29. The number of rotatable bonds is 13. The number of hydrogen-bond acceptors (Lipinski definition) is 3. The van der Waals surface area contributed by atoms with Crippen LogP contribution in [0.3, 0.4) is 0 Å². The van der Waals surface area contributed by atoms with Crippen molar-refractivity contribution in [3.05, 3.63) is 29.8 Å². The van der Waals surface area contributed by atoms with Gasteiger partial charge in [0.15, 0.2) is 0 Å². The van der Waals surface area contributed by atoms with Gasteiger partial charge in [-0.2, -0.15) is 0 Å². The Morgan fingerprint density at radius 3 is 2.07 bits per heavy atom. The second-order valence-corrected chi connectivity index (χ2v) is 11.2. The summed E-state index contributed by atoms with van der Waals surface area (Å²) in [6, 6.07) is 9.95. The fraction of sp³-hybridized carbons (Fsp3) is 0.760. The highest BCUT2D eigenvalue weighted by Crippen LogP contribution is 2.37. The van der Waals surface area contributed by atoms with E-state index in [1.165, 1.54) is 44.1 Å². The minimum Gasteiger partial charge on any atom is -0.494 e. The van der Waals surface area contributed by atoms with E-state index in [0.717, 1.165) is 43.1 Å². The lowest BCUT2D eigenvalue weighted by atomic mass is 9.77. The van der Waals surface area contributed by atoms with Gasteiger partial charge in [0.1, 0.15) is 5.75 Å². The first kappa shape index (κ1) is 24.4. The van der Waals surface area contributed by atoms with E-state index >= 15 is 0 Å². The van der Waals surface area contributed by atoms with Gasteiger partial charge in [-0.25, -0.2) is 0 Å². The van der Waals surface area contributed by atoms with Crippen molar-refractivity contribution in [1.29, 1.82) is 0 Å². The van der Waals surface area contributed by atoms with Gasteiger partial charge in [0.05, 0.1) is 6.61 Å². The highest BCUT2D eigenvalue weighted by molar-refractivity contribution is 6.44. The first-order valence-electron chi connectivity index (χ1n) is 12.0. The summed E-state index contributed by atoms with van der Waals surface area (Å²) < 4.78 is 18.0. The third-order valence-corrected chi connectivity index (χ3v) is 8.42. The molecule has 0 spiro atoms. The highest BCUT2D eigenvalue weighted by atomic mass is 28.3. The van der Waals surface area contributed by atoms with E-state index < -0.39 is 9.28 Å². The molecule has 0 amide bonds. The predicted octanol–water partition coefficient (Wildman–Crippen LogP) is 6.99. The predicted molar refractivity (Wildman–Crippen MR) is 125 cm³/mol. The lowest BCUT2D eigenvalue weighted by Gasteiger charge is -2.28. The molecule has 29 heavy (non-hydrogen) atoms. The van der Waals surface area contributed by atoms with E-state index in [1.807, 2.05) is 0 Å². The largest absolute Gasteiger partial charge is 0.494 e. The molecule has 0 N–H and O–H groups in total. The normalized spacial score (nSPS) is 20.0. The summed E-state index contributed by atoms with van der Waals surface area (Å²) in [5, 5.41) is 0. The maximum absolute atomic E-state index is 5.99. The fourth-order valence-electron chi connectivity index (χ4n) is 4.41. The number of unbranched alkanes of at least 4 members (excludes halogenated alkanes) is 1. The Bertz CT molecular complexity index is 526. The smallest absolute Gasteiger partial charge is 0.321 e. The number of hydrogen-bond donors (Lipinski definition) is 0. The molecule has 0 atom stereocenters. The van der Waals surface area contributed by atoms with Crippen LogP contribution in [0.2, 0.25) is 6.04 Å². The van der Waals surface area contributed by atoms with Crippen LogP contribution < -0.4 is 4.74 Å². The standard InChI is InChI=1S/C25H44O3Si/c1-6-9-22-10-12-23(13-11-22)24-14-16-25(17-15-24)26-18-7-8-19-29(27-20(2)3)28-21(4)5/h14-17,20-23,29H,6-13,18-19H2,1-5H3/t22-,23-. The van der Waals surface area contributed by atoms with Crippen molar-refractivity contribution < 1.29 is 13.6 Å². The fourth-order valence-corrected chi connectivity index (χ4v) is 6.58. The van der Waals surface area contributed by atoms with Crippen molar-refractivity contribution in [2.75, 3.05) is 6.61 Å². The highest BCUT2D eigenvalue weighted by Gasteiger charge is 2.21. The second-order valence-electron chi connectivity index (χ2n) is 9.22. The van der Waals surface area contributed by atoms with Gasteiger partial charge in [0, 0.05) is 12.2 Å². The molecule has 1 aliphatic rings. The maximum Gasteiger partial charge on any atom is 0.321 e. The Kier molecular flexibility index (Phi) is 11.3.